The molecule has 0 saturated carbocycles. The lowest BCUT2D eigenvalue weighted by molar-refractivity contribution is 0.110. The van der Waals surface area contributed by atoms with Crippen LogP contribution in [0.4, 0.5) is 4.79 Å². The van der Waals surface area contributed by atoms with Gasteiger partial charge in [-0.05, 0) is 12.1 Å². The summed E-state index contributed by atoms with van der Waals surface area (Å²) in [6.07, 6.45) is 3.40. The summed E-state index contributed by atoms with van der Waals surface area (Å²) in [6.45, 7) is 1.26. The monoisotopic (exact) mass is 374 g/mol. The lowest BCUT2D eigenvalue weighted by atomic mass is 10.1. The first-order valence-corrected chi connectivity index (χ1v) is 8.32. The molecule has 1 fully saturated rings. The van der Waals surface area contributed by atoms with Crippen molar-refractivity contribution < 1.29 is 15.0 Å². The molecule has 1 aliphatic heterocycles. The summed E-state index contributed by atoms with van der Waals surface area (Å²) in [5.41, 5.74) is 1.23. The summed E-state index contributed by atoms with van der Waals surface area (Å²) in [5, 5.41) is 24.0. The number of piperazine rings is 1. The largest absolute Gasteiger partial charge is 0.493 e. The number of halogens is 1. The van der Waals surface area contributed by atoms with Crippen LogP contribution in [0.5, 0.6) is 5.88 Å². The van der Waals surface area contributed by atoms with E-state index >= 15 is 0 Å². The zero-order valence-corrected chi connectivity index (χ0v) is 14.3. The number of carbonyl (C=O) groups is 1. The van der Waals surface area contributed by atoms with Gasteiger partial charge in [-0.3, -0.25) is 14.5 Å². The van der Waals surface area contributed by atoms with Gasteiger partial charge in [-0.25, -0.2) is 14.8 Å². The number of pyridine rings is 1. The third-order valence-corrected chi connectivity index (χ3v) is 4.57. The molecule has 0 bridgehead atoms. The van der Waals surface area contributed by atoms with Crippen molar-refractivity contribution in [3.05, 3.63) is 41.4 Å². The van der Waals surface area contributed by atoms with Gasteiger partial charge >= 0.3 is 6.09 Å². The second-order valence-electron chi connectivity index (χ2n) is 5.83. The first kappa shape index (κ1) is 16.6. The maximum atomic E-state index is 11.7. The van der Waals surface area contributed by atoms with Crippen LogP contribution in [0.25, 0.3) is 16.9 Å². The summed E-state index contributed by atoms with van der Waals surface area (Å²) in [4.78, 5) is 25.8. The Morgan fingerprint density at radius 1 is 1.23 bits per heavy atom. The van der Waals surface area contributed by atoms with Crippen LogP contribution in [0, 0.1) is 0 Å². The van der Waals surface area contributed by atoms with E-state index in [9.17, 15) is 15.0 Å². The van der Waals surface area contributed by atoms with Crippen molar-refractivity contribution in [2.24, 2.45) is 0 Å². The second-order valence-corrected chi connectivity index (χ2v) is 6.26. The van der Waals surface area contributed by atoms with Crippen LogP contribution in [0.3, 0.4) is 0 Å². The number of fused-ring (bicyclic) bond motifs is 1. The highest BCUT2D eigenvalue weighted by Crippen LogP contribution is 2.37. The topological polar surface area (TPSA) is 116 Å². The molecule has 1 saturated heterocycles. The summed E-state index contributed by atoms with van der Waals surface area (Å²) in [5.74, 6) is 0.256. The number of rotatable bonds is 2. The van der Waals surface area contributed by atoms with Crippen LogP contribution < -0.4 is 5.32 Å². The van der Waals surface area contributed by atoms with Gasteiger partial charge in [-0.1, -0.05) is 11.6 Å². The van der Waals surface area contributed by atoms with Crippen LogP contribution in [0.2, 0.25) is 5.02 Å². The molecule has 10 heteroatoms. The van der Waals surface area contributed by atoms with Gasteiger partial charge < -0.3 is 15.5 Å². The normalized spacial score (nSPS) is 17.6. The van der Waals surface area contributed by atoms with Crippen LogP contribution in [0.15, 0.2) is 30.7 Å². The summed E-state index contributed by atoms with van der Waals surface area (Å²) >= 11 is 5.92. The Kier molecular flexibility index (Phi) is 4.09. The number of hydrogen-bond acceptors (Lipinski definition) is 6. The summed E-state index contributed by atoms with van der Waals surface area (Å²) in [6, 6.07) is 2.73. The quantitative estimate of drug-likeness (QED) is 0.626. The van der Waals surface area contributed by atoms with E-state index in [0.717, 1.165) is 0 Å². The molecule has 134 valence electrons. The maximum absolute atomic E-state index is 11.7. The Labute approximate surface area is 152 Å². The molecule has 1 atom stereocenters. The number of carboxylic acid groups (broad SMARTS) is 1. The highest BCUT2D eigenvalue weighted by molar-refractivity contribution is 6.30. The van der Waals surface area contributed by atoms with E-state index in [1.807, 2.05) is 0 Å². The molecule has 1 amide bonds. The lowest BCUT2D eigenvalue weighted by Gasteiger charge is -2.34. The number of nitrogens with one attached hydrogen (secondary N) is 1. The molecule has 3 aromatic heterocycles. The molecule has 4 rings (SSSR count). The van der Waals surface area contributed by atoms with Crippen LogP contribution in [-0.4, -0.2) is 60.4 Å². The second kappa shape index (κ2) is 6.43. The number of amides is 1. The average molecular weight is 375 g/mol. The van der Waals surface area contributed by atoms with Crippen LogP contribution in [0.1, 0.15) is 11.7 Å². The van der Waals surface area contributed by atoms with Gasteiger partial charge in [-0.2, -0.15) is 0 Å². The lowest BCUT2D eigenvalue weighted by Crippen LogP contribution is -2.48. The molecule has 0 spiro atoms. The third kappa shape index (κ3) is 2.61. The van der Waals surface area contributed by atoms with E-state index < -0.39 is 12.1 Å². The highest BCUT2D eigenvalue weighted by atomic mass is 35.5. The van der Waals surface area contributed by atoms with Crippen molar-refractivity contribution in [1.29, 1.82) is 0 Å². The number of aromatic hydroxyl groups is 1. The molecule has 1 unspecified atom stereocenters. The molecule has 0 aliphatic carbocycles. The first-order chi connectivity index (χ1) is 12.6. The van der Waals surface area contributed by atoms with E-state index in [1.165, 1.54) is 28.1 Å². The predicted molar refractivity (Wildman–Crippen MR) is 93.7 cm³/mol. The number of aromatic nitrogens is 4. The SMILES string of the molecule is O=C(O)N1CCNCC1c1c2nccnc2c(O)n1-c1ccc(Cl)cn1. The van der Waals surface area contributed by atoms with E-state index in [4.69, 9.17) is 11.6 Å². The molecule has 3 aromatic rings. The molecule has 0 radical (unpaired) electrons. The van der Waals surface area contributed by atoms with Gasteiger partial charge in [-0.15, -0.1) is 0 Å². The Balaban J connectivity index is 1.99. The molecule has 26 heavy (non-hydrogen) atoms. The van der Waals surface area contributed by atoms with Crippen molar-refractivity contribution in [3.63, 3.8) is 0 Å². The van der Waals surface area contributed by atoms with Gasteiger partial charge in [0.2, 0.25) is 5.88 Å². The van der Waals surface area contributed by atoms with Crippen molar-refractivity contribution in [1.82, 2.24) is 29.7 Å². The summed E-state index contributed by atoms with van der Waals surface area (Å²) in [7, 11) is 0. The van der Waals surface area contributed by atoms with Gasteiger partial charge in [0.05, 0.1) is 16.8 Å². The maximum Gasteiger partial charge on any atom is 0.407 e. The number of hydrogen-bond donors (Lipinski definition) is 3. The molecular formula is C16H15ClN6O3. The first-order valence-electron chi connectivity index (χ1n) is 7.94. The minimum absolute atomic E-state index is 0.145. The Bertz CT molecular complexity index is 974. The smallest absolute Gasteiger partial charge is 0.407 e. The van der Waals surface area contributed by atoms with Gasteiger partial charge in [0, 0.05) is 38.2 Å². The average Bonchev–Trinajstić information content (AvgIpc) is 2.95. The minimum atomic E-state index is -1.04. The van der Waals surface area contributed by atoms with Gasteiger partial charge in [0.1, 0.15) is 11.3 Å². The minimum Gasteiger partial charge on any atom is -0.493 e. The van der Waals surface area contributed by atoms with Crippen LogP contribution in [-0.2, 0) is 0 Å². The molecule has 0 aromatic carbocycles. The zero-order valence-electron chi connectivity index (χ0n) is 13.5. The van der Waals surface area contributed by atoms with E-state index in [-0.39, 0.29) is 11.4 Å². The molecule has 3 N–H and O–H groups in total. The van der Waals surface area contributed by atoms with Crippen molar-refractivity contribution in [3.8, 4) is 11.7 Å². The van der Waals surface area contributed by atoms with E-state index in [1.54, 1.807) is 12.1 Å². The van der Waals surface area contributed by atoms with Crippen molar-refractivity contribution in [2.75, 3.05) is 19.6 Å². The van der Waals surface area contributed by atoms with Crippen molar-refractivity contribution >= 4 is 28.7 Å². The van der Waals surface area contributed by atoms with Crippen LogP contribution >= 0.6 is 11.6 Å². The number of nitrogens with zero attached hydrogens (tertiary/aromatic N) is 5. The molecular weight excluding hydrogens is 360 g/mol. The van der Waals surface area contributed by atoms with Crippen molar-refractivity contribution in [2.45, 2.75) is 6.04 Å². The molecule has 4 heterocycles. The Morgan fingerprint density at radius 3 is 2.69 bits per heavy atom. The van der Waals surface area contributed by atoms with Gasteiger partial charge in [0.25, 0.3) is 0 Å². The fraction of sp³-hybridized carbons (Fsp3) is 0.250. The summed E-state index contributed by atoms with van der Waals surface area (Å²) < 4.78 is 1.48. The van der Waals surface area contributed by atoms with Gasteiger partial charge in [0.15, 0.2) is 5.52 Å². The van der Waals surface area contributed by atoms with E-state index in [2.05, 4.69) is 20.3 Å². The zero-order chi connectivity index (χ0) is 18.3. The highest BCUT2D eigenvalue weighted by Gasteiger charge is 2.34. The third-order valence-electron chi connectivity index (χ3n) is 4.35. The molecule has 9 nitrogen and oxygen atoms in total. The van der Waals surface area contributed by atoms with E-state index in [0.29, 0.717) is 41.7 Å². The predicted octanol–water partition coefficient (Wildman–Crippen LogP) is 1.80. The fourth-order valence-electron chi connectivity index (χ4n) is 3.23. The Morgan fingerprint density at radius 2 is 2.00 bits per heavy atom. The Hall–Kier alpha value is -2.91. The standard InChI is InChI=1S/C16H15ClN6O3/c17-9-1-2-11(21-7-9)23-14(10-8-18-5-6-22(10)16(25)26)12-13(15(23)24)20-4-3-19-12/h1-4,7,10,18,24H,5-6,8H2,(H,25,26). The molecule has 1 aliphatic rings. The fourth-order valence-corrected chi connectivity index (χ4v) is 3.34.